The van der Waals surface area contributed by atoms with Gasteiger partial charge >= 0.3 is 24.6 Å². The number of benzene rings is 2. The first-order chi connectivity index (χ1) is 17.0. The number of carbonyl (C=O) groups excluding carboxylic acids is 2. The monoisotopic (exact) mass is 540 g/mol. The van der Waals surface area contributed by atoms with Gasteiger partial charge in [0.1, 0.15) is 0 Å². The highest BCUT2D eigenvalue weighted by Crippen LogP contribution is 2.36. The van der Waals surface area contributed by atoms with Crippen LogP contribution in [0.2, 0.25) is 0 Å². The topological polar surface area (TPSA) is 82.6 Å². The van der Waals surface area contributed by atoms with Crippen LogP contribution in [-0.4, -0.2) is 31.4 Å². The maximum absolute atomic E-state index is 13.5. The molecule has 0 saturated heterocycles. The van der Waals surface area contributed by atoms with E-state index in [2.05, 4.69) is 10.4 Å². The number of urea groups is 1. The van der Waals surface area contributed by atoms with Gasteiger partial charge in [-0.05, 0) is 35.4 Å². The molecule has 1 unspecified atom stereocenters. The number of amides is 3. The molecular formula is C22H17F9N4O2. The molecule has 0 heterocycles. The molecule has 0 aromatic heterocycles. The van der Waals surface area contributed by atoms with Crippen molar-refractivity contribution in [1.29, 1.82) is 0 Å². The molecule has 15 heteroatoms. The summed E-state index contributed by atoms with van der Waals surface area (Å²) in [4.78, 5) is 23.2. The molecule has 0 aliphatic heterocycles. The molecule has 0 spiro atoms. The zero-order valence-corrected chi connectivity index (χ0v) is 18.5. The average Bonchev–Trinajstić information content (AvgIpc) is 2.79. The van der Waals surface area contributed by atoms with Gasteiger partial charge in [-0.25, -0.2) is 10.2 Å². The highest BCUT2D eigenvalue weighted by Gasteiger charge is 2.42. The van der Waals surface area contributed by atoms with Crippen LogP contribution in [0.15, 0.2) is 53.6 Å². The number of halogens is 9. The van der Waals surface area contributed by atoms with Crippen molar-refractivity contribution >= 4 is 24.2 Å². The van der Waals surface area contributed by atoms with E-state index in [-0.39, 0.29) is 11.6 Å². The zero-order chi connectivity index (χ0) is 28.0. The number of rotatable bonds is 6. The van der Waals surface area contributed by atoms with Crippen LogP contribution < -0.4 is 16.1 Å². The lowest BCUT2D eigenvalue weighted by Gasteiger charge is -2.22. The molecule has 0 radical (unpaired) electrons. The van der Waals surface area contributed by atoms with Crippen molar-refractivity contribution in [1.82, 2.24) is 16.1 Å². The van der Waals surface area contributed by atoms with Crippen molar-refractivity contribution < 1.29 is 49.1 Å². The summed E-state index contributed by atoms with van der Waals surface area (Å²) in [5, 5.41) is 6.99. The van der Waals surface area contributed by atoms with Crippen molar-refractivity contribution in [3.05, 3.63) is 76.4 Å². The molecule has 0 aliphatic carbocycles. The Morgan fingerprint density at radius 2 is 1.59 bits per heavy atom. The van der Waals surface area contributed by atoms with Gasteiger partial charge in [-0.2, -0.15) is 44.6 Å². The summed E-state index contributed by atoms with van der Waals surface area (Å²) < 4.78 is 119. The minimum Gasteiger partial charge on any atom is -0.340 e. The van der Waals surface area contributed by atoms with Crippen molar-refractivity contribution in [2.45, 2.75) is 24.6 Å². The standard InChI is InChI=1S/C22H17F9N4O2/c1-32-19(37)35-33-11-14-7-5-12(9-16(14)21(26,27)28)6-8-17(36)34-18(22(29,30)31)13-3-2-4-15(10-13)20(23,24)25/h2-11,18H,1H3,(H,34,36)(H2,32,35,37)/b8-6+,33-11+. The number of hydrogen-bond acceptors (Lipinski definition) is 3. The number of alkyl halides is 9. The van der Waals surface area contributed by atoms with Gasteiger partial charge in [-0.1, -0.05) is 24.3 Å². The maximum atomic E-state index is 13.5. The van der Waals surface area contributed by atoms with E-state index in [4.69, 9.17) is 0 Å². The first-order valence-corrected chi connectivity index (χ1v) is 9.97. The zero-order valence-electron chi connectivity index (χ0n) is 18.5. The molecule has 3 amide bonds. The quantitative estimate of drug-likeness (QED) is 0.198. The maximum Gasteiger partial charge on any atom is 0.417 e. The minimum absolute atomic E-state index is 0.233. The molecule has 37 heavy (non-hydrogen) atoms. The Hall–Kier alpha value is -4.04. The van der Waals surface area contributed by atoms with E-state index in [1.54, 1.807) is 0 Å². The lowest BCUT2D eigenvalue weighted by Crippen LogP contribution is -2.37. The summed E-state index contributed by atoms with van der Waals surface area (Å²) in [6, 6.07) is 1.28. The predicted octanol–water partition coefficient (Wildman–Crippen LogP) is 5.42. The largest absolute Gasteiger partial charge is 0.417 e. The van der Waals surface area contributed by atoms with Gasteiger partial charge in [0.15, 0.2) is 6.04 Å². The van der Waals surface area contributed by atoms with Crippen molar-refractivity contribution in [2.75, 3.05) is 7.05 Å². The SMILES string of the molecule is CNC(=O)N/N=C/c1ccc(/C=C/C(=O)NC(c2cccc(C(F)(F)F)c2)C(F)(F)F)cc1C(F)(F)F. The Morgan fingerprint density at radius 3 is 2.16 bits per heavy atom. The first-order valence-electron chi connectivity index (χ1n) is 9.97. The highest BCUT2D eigenvalue weighted by molar-refractivity contribution is 5.92. The van der Waals surface area contributed by atoms with Gasteiger partial charge in [0.25, 0.3) is 0 Å². The third kappa shape index (κ3) is 8.54. The third-order valence-corrected chi connectivity index (χ3v) is 4.57. The summed E-state index contributed by atoms with van der Waals surface area (Å²) >= 11 is 0. The van der Waals surface area contributed by atoms with Gasteiger partial charge in [-0.3, -0.25) is 4.79 Å². The molecule has 2 aromatic carbocycles. The molecule has 200 valence electrons. The van der Waals surface area contributed by atoms with Gasteiger partial charge in [0.05, 0.1) is 17.3 Å². The summed E-state index contributed by atoms with van der Waals surface area (Å²) in [6.45, 7) is 0. The van der Waals surface area contributed by atoms with Crippen LogP contribution in [0, 0.1) is 0 Å². The molecule has 0 bridgehead atoms. The Bertz CT molecular complexity index is 1190. The van der Waals surface area contributed by atoms with Crippen LogP contribution in [0.5, 0.6) is 0 Å². The van der Waals surface area contributed by atoms with Crippen LogP contribution in [0.4, 0.5) is 44.3 Å². The number of hydrogen-bond donors (Lipinski definition) is 3. The normalized spacial score (nSPS) is 13.6. The van der Waals surface area contributed by atoms with E-state index in [0.29, 0.717) is 24.4 Å². The van der Waals surface area contributed by atoms with E-state index >= 15 is 0 Å². The lowest BCUT2D eigenvalue weighted by atomic mass is 10.0. The second kappa shape index (κ2) is 11.3. The lowest BCUT2D eigenvalue weighted by molar-refractivity contribution is -0.162. The van der Waals surface area contributed by atoms with Crippen LogP contribution in [0.25, 0.3) is 6.08 Å². The van der Waals surface area contributed by atoms with Gasteiger partial charge in [0.2, 0.25) is 5.91 Å². The number of hydrazone groups is 1. The highest BCUT2D eigenvalue weighted by atomic mass is 19.4. The fraction of sp³-hybridized carbons (Fsp3) is 0.227. The summed E-state index contributed by atoms with van der Waals surface area (Å²) in [5.41, 5.74) is -2.28. The number of carbonyl (C=O) groups is 2. The van der Waals surface area contributed by atoms with Gasteiger partial charge in [0, 0.05) is 18.7 Å². The average molecular weight is 540 g/mol. The minimum atomic E-state index is -5.18. The molecule has 2 rings (SSSR count). The van der Waals surface area contributed by atoms with Crippen LogP contribution in [-0.2, 0) is 17.1 Å². The van der Waals surface area contributed by atoms with Crippen molar-refractivity contribution in [3.63, 3.8) is 0 Å². The molecule has 2 aromatic rings. The molecule has 0 saturated carbocycles. The third-order valence-electron chi connectivity index (χ3n) is 4.57. The van der Waals surface area contributed by atoms with Crippen molar-refractivity contribution in [2.24, 2.45) is 5.10 Å². The molecule has 6 nitrogen and oxygen atoms in total. The number of nitrogens with zero attached hydrogens (tertiary/aromatic N) is 1. The van der Waals surface area contributed by atoms with Crippen LogP contribution in [0.3, 0.4) is 0 Å². The Kier molecular flexibility index (Phi) is 8.95. The number of nitrogens with one attached hydrogen (secondary N) is 3. The van der Waals surface area contributed by atoms with E-state index < -0.39 is 58.8 Å². The summed E-state index contributed by atoms with van der Waals surface area (Å²) in [7, 11) is 1.25. The smallest absolute Gasteiger partial charge is 0.340 e. The Balaban J connectivity index is 2.28. The molecule has 3 N–H and O–H groups in total. The van der Waals surface area contributed by atoms with Gasteiger partial charge in [-0.15, -0.1) is 0 Å². The van der Waals surface area contributed by atoms with Gasteiger partial charge < -0.3 is 10.6 Å². The van der Waals surface area contributed by atoms with Crippen LogP contribution in [0.1, 0.15) is 33.9 Å². The predicted molar refractivity (Wildman–Crippen MR) is 114 cm³/mol. The van der Waals surface area contributed by atoms with E-state index in [1.165, 1.54) is 12.4 Å². The first kappa shape index (κ1) is 29.2. The Morgan fingerprint density at radius 1 is 0.919 bits per heavy atom. The fourth-order valence-corrected chi connectivity index (χ4v) is 2.86. The van der Waals surface area contributed by atoms with E-state index in [1.807, 2.05) is 5.43 Å². The second-order valence-electron chi connectivity index (χ2n) is 7.23. The van der Waals surface area contributed by atoms with E-state index in [9.17, 15) is 49.1 Å². The van der Waals surface area contributed by atoms with Crippen LogP contribution >= 0.6 is 0 Å². The molecule has 1 atom stereocenters. The van der Waals surface area contributed by atoms with E-state index in [0.717, 1.165) is 30.3 Å². The molecule has 0 fully saturated rings. The second-order valence-corrected chi connectivity index (χ2v) is 7.23. The molecular weight excluding hydrogens is 523 g/mol. The molecule has 0 aliphatic rings. The Labute approximate surface area is 203 Å². The summed E-state index contributed by atoms with van der Waals surface area (Å²) in [5.74, 6) is -1.42. The fourth-order valence-electron chi connectivity index (χ4n) is 2.86. The summed E-state index contributed by atoms with van der Waals surface area (Å²) in [6.07, 6.45) is -13.0. The van der Waals surface area contributed by atoms with Crippen molar-refractivity contribution in [3.8, 4) is 0 Å².